The van der Waals surface area contributed by atoms with Crippen molar-refractivity contribution in [3.05, 3.63) is 84.2 Å². The molecule has 0 aliphatic carbocycles. The van der Waals surface area contributed by atoms with Crippen LogP contribution in [0.25, 0.3) is 0 Å². The molecule has 1 aromatic heterocycles. The molecule has 7 nitrogen and oxygen atoms in total. The van der Waals surface area contributed by atoms with E-state index in [-0.39, 0.29) is 10.7 Å². The maximum absolute atomic E-state index is 13.2. The lowest BCUT2D eigenvalue weighted by Crippen LogP contribution is -2.48. The van der Waals surface area contributed by atoms with Gasteiger partial charge in [0.05, 0.1) is 17.2 Å². The molecule has 4 rings (SSSR count). The molecule has 0 bridgehead atoms. The Morgan fingerprint density at radius 2 is 1.69 bits per heavy atom. The van der Waals surface area contributed by atoms with Crippen LogP contribution in [-0.2, 0) is 27.7 Å². The Morgan fingerprint density at radius 1 is 0.943 bits per heavy atom. The molecule has 1 aliphatic heterocycles. The largest absolute Gasteiger partial charge is 0.492 e. The molecule has 0 atom stereocenters. The number of benzene rings is 2. The standard InChI is InChI=1S/C27H31N3O4S/c1-2-34-27-8-4-3-7-26(27)29-16-18-30(19-17-29)35(32,33)25-13-10-22(11-14-25)20-24(31)12-9-23-6-5-15-28-21-23/h3-8,10-11,13-15,21H,2,9,12,16-20H2,1H3. The predicted molar refractivity (Wildman–Crippen MR) is 136 cm³/mol. The summed E-state index contributed by atoms with van der Waals surface area (Å²) in [5.41, 5.74) is 2.84. The van der Waals surface area contributed by atoms with E-state index in [0.717, 1.165) is 22.6 Å². The molecular weight excluding hydrogens is 462 g/mol. The number of aryl methyl sites for hydroxylation is 1. The summed E-state index contributed by atoms with van der Waals surface area (Å²) in [5, 5.41) is 0. The molecule has 0 saturated carbocycles. The average Bonchev–Trinajstić information content (AvgIpc) is 2.89. The first-order chi connectivity index (χ1) is 17.0. The average molecular weight is 494 g/mol. The number of hydrogen-bond acceptors (Lipinski definition) is 6. The van der Waals surface area contributed by atoms with Crippen molar-refractivity contribution >= 4 is 21.5 Å². The Bertz CT molecular complexity index is 1220. The first kappa shape index (κ1) is 24.9. The van der Waals surface area contributed by atoms with E-state index >= 15 is 0 Å². The summed E-state index contributed by atoms with van der Waals surface area (Å²) < 4.78 is 33.7. The zero-order chi connectivity index (χ0) is 24.7. The van der Waals surface area contributed by atoms with E-state index in [0.29, 0.717) is 52.0 Å². The highest BCUT2D eigenvalue weighted by Crippen LogP contribution is 2.29. The van der Waals surface area contributed by atoms with Gasteiger partial charge < -0.3 is 9.64 Å². The van der Waals surface area contributed by atoms with Crippen molar-refractivity contribution in [2.45, 2.75) is 31.1 Å². The fourth-order valence-electron chi connectivity index (χ4n) is 4.24. The van der Waals surface area contributed by atoms with E-state index < -0.39 is 10.0 Å². The van der Waals surface area contributed by atoms with Crippen LogP contribution in [0.5, 0.6) is 5.75 Å². The van der Waals surface area contributed by atoms with Gasteiger partial charge in [-0.1, -0.05) is 30.3 Å². The summed E-state index contributed by atoms with van der Waals surface area (Å²) in [6.45, 7) is 4.51. The van der Waals surface area contributed by atoms with Gasteiger partial charge in [-0.15, -0.1) is 0 Å². The second-order valence-electron chi connectivity index (χ2n) is 8.51. The van der Waals surface area contributed by atoms with Crippen molar-refractivity contribution in [1.29, 1.82) is 0 Å². The Labute approximate surface area is 207 Å². The molecular formula is C27H31N3O4S. The Hall–Kier alpha value is -3.23. The Balaban J connectivity index is 1.33. The van der Waals surface area contributed by atoms with Gasteiger partial charge in [-0.3, -0.25) is 9.78 Å². The van der Waals surface area contributed by atoms with E-state index in [4.69, 9.17) is 4.74 Å². The number of ether oxygens (including phenoxy) is 1. The van der Waals surface area contributed by atoms with E-state index in [1.165, 1.54) is 4.31 Å². The number of anilines is 1. The van der Waals surface area contributed by atoms with Crippen LogP contribution in [0.1, 0.15) is 24.5 Å². The molecule has 1 aliphatic rings. The van der Waals surface area contributed by atoms with Crippen molar-refractivity contribution in [2.75, 3.05) is 37.7 Å². The van der Waals surface area contributed by atoms with Gasteiger partial charge >= 0.3 is 0 Å². The van der Waals surface area contributed by atoms with Gasteiger partial charge in [0.15, 0.2) is 0 Å². The topological polar surface area (TPSA) is 79.8 Å². The maximum atomic E-state index is 13.2. The lowest BCUT2D eigenvalue weighted by Gasteiger charge is -2.36. The molecule has 2 aromatic carbocycles. The zero-order valence-electron chi connectivity index (χ0n) is 20.0. The number of hydrogen-bond donors (Lipinski definition) is 0. The van der Waals surface area contributed by atoms with Crippen LogP contribution in [0.3, 0.4) is 0 Å². The van der Waals surface area contributed by atoms with Gasteiger partial charge in [-0.05, 0) is 54.8 Å². The normalized spacial score (nSPS) is 14.6. The number of rotatable bonds is 10. The third-order valence-electron chi connectivity index (χ3n) is 6.12. The molecule has 1 saturated heterocycles. The van der Waals surface area contributed by atoms with E-state index in [1.807, 2.05) is 43.3 Å². The molecule has 8 heteroatoms. The number of carbonyl (C=O) groups is 1. The number of aromatic nitrogens is 1. The van der Waals surface area contributed by atoms with Gasteiger partial charge in [0.25, 0.3) is 0 Å². The fourth-order valence-corrected chi connectivity index (χ4v) is 5.66. The second kappa shape index (κ2) is 11.5. The molecule has 0 N–H and O–H groups in total. The lowest BCUT2D eigenvalue weighted by atomic mass is 10.0. The SMILES string of the molecule is CCOc1ccccc1N1CCN(S(=O)(=O)c2ccc(CC(=O)CCc3cccnc3)cc2)CC1. The number of ketones is 1. The molecule has 0 unspecified atom stereocenters. The molecule has 1 fully saturated rings. The highest BCUT2D eigenvalue weighted by molar-refractivity contribution is 7.89. The Kier molecular flexibility index (Phi) is 8.15. The van der Waals surface area contributed by atoms with Crippen LogP contribution in [0.4, 0.5) is 5.69 Å². The Morgan fingerprint density at radius 3 is 2.37 bits per heavy atom. The number of Topliss-reactive ketones (excluding diaryl/α,β-unsaturated/α-hetero) is 1. The highest BCUT2D eigenvalue weighted by Gasteiger charge is 2.29. The molecule has 0 spiro atoms. The fraction of sp³-hybridized carbons (Fsp3) is 0.333. The predicted octanol–water partition coefficient (Wildman–Crippen LogP) is 3.74. The van der Waals surface area contributed by atoms with Crippen molar-refractivity contribution < 1.29 is 17.9 Å². The van der Waals surface area contributed by atoms with Gasteiger partial charge in [0.2, 0.25) is 10.0 Å². The third-order valence-corrected chi connectivity index (χ3v) is 8.04. The molecule has 3 aromatic rings. The zero-order valence-corrected chi connectivity index (χ0v) is 20.8. The van der Waals surface area contributed by atoms with Crippen LogP contribution in [0, 0.1) is 0 Å². The van der Waals surface area contributed by atoms with Crippen LogP contribution in [0.15, 0.2) is 78.0 Å². The second-order valence-corrected chi connectivity index (χ2v) is 10.5. The summed E-state index contributed by atoms with van der Waals surface area (Å²) in [7, 11) is -3.60. The first-order valence-electron chi connectivity index (χ1n) is 11.9. The minimum Gasteiger partial charge on any atom is -0.492 e. The van der Waals surface area contributed by atoms with Gasteiger partial charge in [0.1, 0.15) is 11.5 Å². The number of para-hydroxylation sites is 2. The van der Waals surface area contributed by atoms with Gasteiger partial charge in [-0.2, -0.15) is 4.31 Å². The monoisotopic (exact) mass is 493 g/mol. The number of piperazine rings is 1. The van der Waals surface area contributed by atoms with Crippen molar-refractivity contribution in [2.24, 2.45) is 0 Å². The van der Waals surface area contributed by atoms with Crippen LogP contribution < -0.4 is 9.64 Å². The molecule has 0 amide bonds. The maximum Gasteiger partial charge on any atom is 0.243 e. The highest BCUT2D eigenvalue weighted by atomic mass is 32.2. The number of pyridine rings is 1. The van der Waals surface area contributed by atoms with Crippen LogP contribution in [0.2, 0.25) is 0 Å². The first-order valence-corrected chi connectivity index (χ1v) is 13.4. The smallest absolute Gasteiger partial charge is 0.243 e. The summed E-state index contributed by atoms with van der Waals surface area (Å²) in [5.74, 6) is 0.935. The third kappa shape index (κ3) is 6.26. The van der Waals surface area contributed by atoms with Crippen LogP contribution in [-0.4, -0.2) is 56.3 Å². The minimum absolute atomic E-state index is 0.118. The molecule has 184 valence electrons. The summed E-state index contributed by atoms with van der Waals surface area (Å²) >= 11 is 0. The number of carbonyl (C=O) groups excluding carboxylic acids is 1. The van der Waals surface area contributed by atoms with Gasteiger partial charge in [0, 0.05) is 51.4 Å². The van der Waals surface area contributed by atoms with Crippen molar-refractivity contribution in [3.8, 4) is 5.75 Å². The quantitative estimate of drug-likeness (QED) is 0.428. The summed E-state index contributed by atoms with van der Waals surface area (Å²) in [6.07, 6.45) is 4.86. The lowest BCUT2D eigenvalue weighted by molar-refractivity contribution is -0.118. The number of nitrogens with zero attached hydrogens (tertiary/aromatic N) is 3. The van der Waals surface area contributed by atoms with E-state index in [2.05, 4.69) is 9.88 Å². The molecule has 0 radical (unpaired) electrons. The number of sulfonamides is 1. The van der Waals surface area contributed by atoms with E-state index in [1.54, 1.807) is 36.7 Å². The summed E-state index contributed by atoms with van der Waals surface area (Å²) in [6, 6.07) is 18.4. The molecule has 2 heterocycles. The van der Waals surface area contributed by atoms with Crippen LogP contribution >= 0.6 is 0 Å². The van der Waals surface area contributed by atoms with Crippen molar-refractivity contribution in [1.82, 2.24) is 9.29 Å². The minimum atomic E-state index is -3.60. The summed E-state index contributed by atoms with van der Waals surface area (Å²) in [4.78, 5) is 18.9. The molecule has 35 heavy (non-hydrogen) atoms. The van der Waals surface area contributed by atoms with Crippen molar-refractivity contribution in [3.63, 3.8) is 0 Å². The van der Waals surface area contributed by atoms with E-state index in [9.17, 15) is 13.2 Å². The van der Waals surface area contributed by atoms with Gasteiger partial charge in [-0.25, -0.2) is 8.42 Å².